The molecule has 0 radical (unpaired) electrons. The SMILES string of the molecule is Cc1coc(Sc2ccc(Br)cc2CNCC(C)C)n1. The molecule has 0 unspecified atom stereocenters. The first-order valence-corrected chi connectivity index (χ1v) is 8.24. The molecule has 0 aliphatic carbocycles. The normalized spacial score (nSPS) is 11.2. The van der Waals surface area contributed by atoms with Crippen LogP contribution in [0.2, 0.25) is 0 Å². The lowest BCUT2D eigenvalue weighted by atomic mass is 10.2. The smallest absolute Gasteiger partial charge is 0.260 e. The minimum atomic E-state index is 0.646. The Labute approximate surface area is 132 Å². The van der Waals surface area contributed by atoms with Crippen molar-refractivity contribution >= 4 is 27.7 Å². The molecule has 1 N–H and O–H groups in total. The topological polar surface area (TPSA) is 38.1 Å². The number of hydrogen-bond donors (Lipinski definition) is 1. The molecule has 0 saturated heterocycles. The van der Waals surface area contributed by atoms with Crippen molar-refractivity contribution in [2.75, 3.05) is 6.54 Å². The van der Waals surface area contributed by atoms with Gasteiger partial charge in [0.2, 0.25) is 0 Å². The van der Waals surface area contributed by atoms with Crippen molar-refractivity contribution in [2.24, 2.45) is 5.92 Å². The van der Waals surface area contributed by atoms with Crippen LogP contribution in [0.1, 0.15) is 25.1 Å². The molecule has 0 aliphatic heterocycles. The summed E-state index contributed by atoms with van der Waals surface area (Å²) >= 11 is 5.09. The van der Waals surface area contributed by atoms with Crippen molar-refractivity contribution in [1.82, 2.24) is 10.3 Å². The number of nitrogens with one attached hydrogen (secondary N) is 1. The average Bonchev–Trinajstić information content (AvgIpc) is 2.78. The van der Waals surface area contributed by atoms with Gasteiger partial charge in [0.05, 0.1) is 5.69 Å². The fourth-order valence-corrected chi connectivity index (χ4v) is 3.04. The average molecular weight is 355 g/mol. The largest absolute Gasteiger partial charge is 0.439 e. The van der Waals surface area contributed by atoms with Crippen molar-refractivity contribution in [1.29, 1.82) is 0 Å². The summed E-state index contributed by atoms with van der Waals surface area (Å²) in [5.41, 5.74) is 2.16. The van der Waals surface area contributed by atoms with Crippen molar-refractivity contribution in [3.05, 3.63) is 40.2 Å². The zero-order chi connectivity index (χ0) is 14.5. The summed E-state index contributed by atoms with van der Waals surface area (Å²) in [6, 6.07) is 6.29. The fraction of sp³-hybridized carbons (Fsp3) is 0.400. The summed E-state index contributed by atoms with van der Waals surface area (Å²) in [6.45, 7) is 8.20. The number of nitrogens with zero attached hydrogens (tertiary/aromatic N) is 1. The van der Waals surface area contributed by atoms with Crippen LogP contribution in [0, 0.1) is 12.8 Å². The van der Waals surface area contributed by atoms with Gasteiger partial charge in [-0.1, -0.05) is 29.8 Å². The lowest BCUT2D eigenvalue weighted by Gasteiger charge is -2.11. The number of oxazole rings is 1. The molecule has 0 bridgehead atoms. The third-order valence-corrected chi connectivity index (χ3v) is 4.16. The van der Waals surface area contributed by atoms with Gasteiger partial charge < -0.3 is 9.73 Å². The van der Waals surface area contributed by atoms with E-state index in [0.29, 0.717) is 11.1 Å². The molecule has 108 valence electrons. The fourth-order valence-electron chi connectivity index (χ4n) is 1.75. The minimum Gasteiger partial charge on any atom is -0.439 e. The van der Waals surface area contributed by atoms with Crippen LogP contribution in [0.4, 0.5) is 0 Å². The molecule has 0 spiro atoms. The predicted molar refractivity (Wildman–Crippen MR) is 86.0 cm³/mol. The maximum Gasteiger partial charge on any atom is 0.260 e. The number of aryl methyl sites for hydroxylation is 1. The molecule has 0 saturated carbocycles. The molecule has 3 nitrogen and oxygen atoms in total. The number of aromatic nitrogens is 1. The zero-order valence-electron chi connectivity index (χ0n) is 11.9. The van der Waals surface area contributed by atoms with Crippen LogP contribution in [-0.4, -0.2) is 11.5 Å². The Hall–Kier alpha value is -0.780. The summed E-state index contributed by atoms with van der Waals surface area (Å²) in [5.74, 6) is 0.646. The highest BCUT2D eigenvalue weighted by atomic mass is 79.9. The highest BCUT2D eigenvalue weighted by molar-refractivity contribution is 9.10. The molecule has 0 fully saturated rings. The van der Waals surface area contributed by atoms with Crippen molar-refractivity contribution in [3.8, 4) is 0 Å². The van der Waals surface area contributed by atoms with E-state index in [0.717, 1.165) is 23.3 Å². The van der Waals surface area contributed by atoms with Crippen molar-refractivity contribution in [2.45, 2.75) is 37.4 Å². The van der Waals surface area contributed by atoms with Crippen LogP contribution < -0.4 is 5.32 Å². The zero-order valence-corrected chi connectivity index (χ0v) is 14.3. The van der Waals surface area contributed by atoms with Gasteiger partial charge in [-0.2, -0.15) is 0 Å². The molecule has 0 amide bonds. The van der Waals surface area contributed by atoms with E-state index >= 15 is 0 Å². The first kappa shape index (κ1) is 15.6. The Balaban J connectivity index is 2.10. The lowest BCUT2D eigenvalue weighted by Crippen LogP contribution is -2.19. The molecule has 20 heavy (non-hydrogen) atoms. The highest BCUT2D eigenvalue weighted by Crippen LogP contribution is 2.31. The van der Waals surface area contributed by atoms with E-state index in [1.54, 1.807) is 18.0 Å². The molecule has 2 rings (SSSR count). The van der Waals surface area contributed by atoms with Gasteiger partial charge in [0.15, 0.2) is 0 Å². The third-order valence-electron chi connectivity index (χ3n) is 2.69. The summed E-state index contributed by atoms with van der Waals surface area (Å²) in [6.07, 6.45) is 1.68. The van der Waals surface area contributed by atoms with Crippen LogP contribution in [0.5, 0.6) is 0 Å². The van der Waals surface area contributed by atoms with Gasteiger partial charge in [-0.05, 0) is 54.9 Å². The van der Waals surface area contributed by atoms with E-state index in [1.807, 2.05) is 13.0 Å². The molecule has 0 atom stereocenters. The van der Waals surface area contributed by atoms with Gasteiger partial charge in [-0.15, -0.1) is 0 Å². The number of benzene rings is 1. The second-order valence-corrected chi connectivity index (χ2v) is 7.04. The Bertz CT molecular complexity index is 569. The van der Waals surface area contributed by atoms with E-state index in [4.69, 9.17) is 4.42 Å². The quantitative estimate of drug-likeness (QED) is 0.819. The van der Waals surface area contributed by atoms with Gasteiger partial charge in [0.1, 0.15) is 6.26 Å². The van der Waals surface area contributed by atoms with Crippen LogP contribution in [-0.2, 0) is 6.54 Å². The maximum atomic E-state index is 5.42. The minimum absolute atomic E-state index is 0.646. The Morgan fingerprint density at radius 3 is 2.85 bits per heavy atom. The molecule has 2 aromatic rings. The van der Waals surface area contributed by atoms with Crippen LogP contribution in [0.3, 0.4) is 0 Å². The lowest BCUT2D eigenvalue weighted by molar-refractivity contribution is 0.454. The van der Waals surface area contributed by atoms with E-state index < -0.39 is 0 Å². The number of hydrogen-bond acceptors (Lipinski definition) is 4. The Morgan fingerprint density at radius 1 is 1.40 bits per heavy atom. The van der Waals surface area contributed by atoms with Crippen LogP contribution in [0.25, 0.3) is 0 Å². The third kappa shape index (κ3) is 4.65. The monoisotopic (exact) mass is 354 g/mol. The van der Waals surface area contributed by atoms with E-state index in [-0.39, 0.29) is 0 Å². The number of halogens is 1. The Kier molecular flexibility index (Phi) is 5.69. The van der Waals surface area contributed by atoms with E-state index in [1.165, 1.54) is 10.5 Å². The van der Waals surface area contributed by atoms with Gasteiger partial charge in [0.25, 0.3) is 5.22 Å². The second-order valence-electron chi connectivity index (χ2n) is 5.13. The maximum absolute atomic E-state index is 5.42. The molecule has 5 heteroatoms. The Morgan fingerprint density at radius 2 is 2.20 bits per heavy atom. The van der Waals surface area contributed by atoms with Gasteiger partial charge >= 0.3 is 0 Å². The first-order valence-electron chi connectivity index (χ1n) is 6.63. The van der Waals surface area contributed by atoms with Gasteiger partial charge in [-0.25, -0.2) is 4.98 Å². The predicted octanol–water partition coefficient (Wildman–Crippen LogP) is 4.64. The van der Waals surface area contributed by atoms with Gasteiger partial charge in [-0.3, -0.25) is 0 Å². The van der Waals surface area contributed by atoms with Gasteiger partial charge in [0, 0.05) is 15.9 Å². The van der Waals surface area contributed by atoms with E-state index in [2.05, 4.69) is 52.2 Å². The standard InChI is InChI=1S/C15H19BrN2OS/c1-10(2)7-17-8-12-6-13(16)4-5-14(12)20-15-18-11(3)9-19-15/h4-6,9-10,17H,7-8H2,1-3H3. The summed E-state index contributed by atoms with van der Waals surface area (Å²) < 4.78 is 6.51. The molecular weight excluding hydrogens is 336 g/mol. The number of rotatable bonds is 6. The van der Waals surface area contributed by atoms with Crippen LogP contribution in [0.15, 0.2) is 43.5 Å². The summed E-state index contributed by atoms with van der Waals surface area (Å²) in [4.78, 5) is 5.51. The molecule has 1 aromatic carbocycles. The van der Waals surface area contributed by atoms with Crippen LogP contribution >= 0.6 is 27.7 Å². The summed E-state index contributed by atoms with van der Waals surface area (Å²) in [5, 5.41) is 4.16. The van der Waals surface area contributed by atoms with E-state index in [9.17, 15) is 0 Å². The summed E-state index contributed by atoms with van der Waals surface area (Å²) in [7, 11) is 0. The van der Waals surface area contributed by atoms with Crippen molar-refractivity contribution in [3.63, 3.8) is 0 Å². The molecule has 1 aromatic heterocycles. The highest BCUT2D eigenvalue weighted by Gasteiger charge is 2.09. The second kappa shape index (κ2) is 7.29. The first-order chi connectivity index (χ1) is 9.54. The molecule has 1 heterocycles. The molecule has 0 aliphatic rings. The molecular formula is C15H19BrN2OS. The van der Waals surface area contributed by atoms with Crippen molar-refractivity contribution < 1.29 is 4.42 Å².